The Bertz CT molecular complexity index is 479. The van der Waals surface area contributed by atoms with Gasteiger partial charge in [-0.1, -0.05) is 11.6 Å². The summed E-state index contributed by atoms with van der Waals surface area (Å²) < 4.78 is 0. The zero-order valence-electron chi connectivity index (χ0n) is 11.6. The van der Waals surface area contributed by atoms with Crippen LogP contribution in [-0.2, 0) is 0 Å². The Morgan fingerprint density at radius 2 is 2.45 bits per heavy atom. The van der Waals surface area contributed by atoms with Crippen molar-refractivity contribution in [3.8, 4) is 0 Å². The zero-order valence-corrected chi connectivity index (χ0v) is 12.4. The number of rotatable bonds is 4. The second kappa shape index (κ2) is 6.90. The lowest BCUT2D eigenvalue weighted by atomic mass is 9.95. The standard InChI is InChI=1S/C14H20ClN3O2/c1-16-13-12(15)7-11(8-17-13)14(20)18-5-2-3-10(9-18)4-6-19/h7-8,10,19H,2-6,9H2,1H3,(H,16,17). The number of hydrogen-bond donors (Lipinski definition) is 2. The van der Waals surface area contributed by atoms with E-state index in [-0.39, 0.29) is 12.5 Å². The van der Waals surface area contributed by atoms with E-state index in [4.69, 9.17) is 16.7 Å². The molecule has 0 aromatic carbocycles. The minimum atomic E-state index is -0.0373. The maximum Gasteiger partial charge on any atom is 0.255 e. The molecule has 20 heavy (non-hydrogen) atoms. The highest BCUT2D eigenvalue weighted by Crippen LogP contribution is 2.23. The van der Waals surface area contributed by atoms with Crippen LogP contribution < -0.4 is 5.32 Å². The van der Waals surface area contributed by atoms with E-state index in [1.807, 2.05) is 4.90 Å². The maximum atomic E-state index is 12.4. The maximum absolute atomic E-state index is 12.4. The molecule has 5 nitrogen and oxygen atoms in total. The van der Waals surface area contributed by atoms with Gasteiger partial charge in [-0.3, -0.25) is 4.79 Å². The van der Waals surface area contributed by atoms with Crippen LogP contribution in [0.3, 0.4) is 0 Å². The molecule has 1 aliphatic heterocycles. The van der Waals surface area contributed by atoms with Crippen molar-refractivity contribution in [3.63, 3.8) is 0 Å². The quantitative estimate of drug-likeness (QED) is 0.892. The van der Waals surface area contributed by atoms with Crippen LogP contribution in [0.4, 0.5) is 5.82 Å². The number of carbonyl (C=O) groups is 1. The Balaban J connectivity index is 2.08. The highest BCUT2D eigenvalue weighted by Gasteiger charge is 2.24. The average Bonchev–Trinajstić information content (AvgIpc) is 2.47. The number of anilines is 1. The molecule has 1 amide bonds. The van der Waals surface area contributed by atoms with Crippen molar-refractivity contribution in [2.24, 2.45) is 5.92 Å². The van der Waals surface area contributed by atoms with Crippen LogP contribution in [0.2, 0.25) is 5.02 Å². The number of aliphatic hydroxyl groups is 1. The second-order valence-electron chi connectivity index (χ2n) is 5.08. The number of nitrogens with one attached hydrogen (secondary N) is 1. The van der Waals surface area contributed by atoms with E-state index in [0.717, 1.165) is 25.8 Å². The monoisotopic (exact) mass is 297 g/mol. The molecule has 1 aliphatic rings. The normalized spacial score (nSPS) is 18.9. The van der Waals surface area contributed by atoms with E-state index in [2.05, 4.69) is 10.3 Å². The molecule has 1 aromatic heterocycles. The smallest absolute Gasteiger partial charge is 0.255 e. The van der Waals surface area contributed by atoms with Gasteiger partial charge >= 0.3 is 0 Å². The molecular weight excluding hydrogens is 278 g/mol. The number of nitrogens with zero attached hydrogens (tertiary/aromatic N) is 2. The Labute approximate surface area is 123 Å². The number of aliphatic hydroxyl groups excluding tert-OH is 1. The molecule has 6 heteroatoms. The lowest BCUT2D eigenvalue weighted by Crippen LogP contribution is -2.40. The molecule has 0 spiro atoms. The molecule has 2 heterocycles. The fourth-order valence-corrected chi connectivity index (χ4v) is 2.85. The van der Waals surface area contributed by atoms with Gasteiger partial charge < -0.3 is 15.3 Å². The van der Waals surface area contributed by atoms with Crippen molar-refractivity contribution in [1.82, 2.24) is 9.88 Å². The fourth-order valence-electron chi connectivity index (χ4n) is 2.59. The number of amides is 1. The highest BCUT2D eigenvalue weighted by molar-refractivity contribution is 6.33. The van der Waals surface area contributed by atoms with Crippen LogP contribution in [0.15, 0.2) is 12.3 Å². The van der Waals surface area contributed by atoms with Crippen LogP contribution in [0.25, 0.3) is 0 Å². The molecule has 0 radical (unpaired) electrons. The van der Waals surface area contributed by atoms with E-state index in [9.17, 15) is 4.79 Å². The third kappa shape index (κ3) is 3.41. The number of hydrogen-bond acceptors (Lipinski definition) is 4. The van der Waals surface area contributed by atoms with Gasteiger partial charge in [-0.05, 0) is 31.2 Å². The molecule has 0 aliphatic carbocycles. The first-order valence-electron chi connectivity index (χ1n) is 6.89. The number of aromatic nitrogens is 1. The average molecular weight is 298 g/mol. The second-order valence-corrected chi connectivity index (χ2v) is 5.48. The van der Waals surface area contributed by atoms with Gasteiger partial charge in [0.2, 0.25) is 0 Å². The number of carbonyl (C=O) groups excluding carboxylic acids is 1. The fraction of sp³-hybridized carbons (Fsp3) is 0.571. The van der Waals surface area contributed by atoms with Crippen molar-refractivity contribution >= 4 is 23.3 Å². The van der Waals surface area contributed by atoms with Crippen LogP contribution in [0, 0.1) is 5.92 Å². The Kier molecular flexibility index (Phi) is 5.20. The van der Waals surface area contributed by atoms with Crippen molar-refractivity contribution in [2.75, 3.05) is 32.1 Å². The summed E-state index contributed by atoms with van der Waals surface area (Å²) in [4.78, 5) is 18.4. The SMILES string of the molecule is CNc1ncc(C(=O)N2CCCC(CCO)C2)cc1Cl. The summed E-state index contributed by atoms with van der Waals surface area (Å²) in [6, 6.07) is 1.65. The number of likely N-dealkylation sites (tertiary alicyclic amines) is 1. The van der Waals surface area contributed by atoms with Gasteiger partial charge in [0.1, 0.15) is 5.82 Å². The molecule has 2 N–H and O–H groups in total. The Hall–Kier alpha value is -1.33. The molecule has 1 fully saturated rings. The van der Waals surface area contributed by atoms with E-state index in [1.165, 1.54) is 0 Å². The summed E-state index contributed by atoms with van der Waals surface area (Å²) in [7, 11) is 1.74. The molecule has 0 saturated carbocycles. The molecule has 1 saturated heterocycles. The number of pyridine rings is 1. The minimum absolute atomic E-state index is 0.0373. The summed E-state index contributed by atoms with van der Waals surface area (Å²) in [5, 5.41) is 12.3. The third-order valence-corrected chi connectivity index (χ3v) is 3.96. The van der Waals surface area contributed by atoms with Crippen molar-refractivity contribution in [1.29, 1.82) is 0 Å². The van der Waals surface area contributed by atoms with Crippen molar-refractivity contribution in [3.05, 3.63) is 22.8 Å². The van der Waals surface area contributed by atoms with Crippen LogP contribution in [0.1, 0.15) is 29.6 Å². The van der Waals surface area contributed by atoms with Gasteiger partial charge in [-0.2, -0.15) is 0 Å². The van der Waals surface area contributed by atoms with Gasteiger partial charge in [0.25, 0.3) is 5.91 Å². The number of piperidine rings is 1. The van der Waals surface area contributed by atoms with Crippen LogP contribution in [0.5, 0.6) is 0 Å². The first kappa shape index (κ1) is 15.1. The summed E-state index contributed by atoms with van der Waals surface area (Å²) >= 11 is 6.06. The first-order chi connectivity index (χ1) is 9.65. The van der Waals surface area contributed by atoms with Crippen molar-refractivity contribution in [2.45, 2.75) is 19.3 Å². The predicted molar refractivity (Wildman–Crippen MR) is 79.1 cm³/mol. The summed E-state index contributed by atoms with van der Waals surface area (Å²) in [6.45, 7) is 1.63. The van der Waals surface area contributed by atoms with Gasteiger partial charge in [-0.15, -0.1) is 0 Å². The summed E-state index contributed by atoms with van der Waals surface area (Å²) in [5.41, 5.74) is 0.513. The molecule has 1 atom stereocenters. The number of halogens is 1. The molecule has 2 rings (SSSR count). The van der Waals surface area contributed by atoms with E-state index < -0.39 is 0 Å². The van der Waals surface area contributed by atoms with Gasteiger partial charge in [0.15, 0.2) is 0 Å². The summed E-state index contributed by atoms with van der Waals surface area (Å²) in [6.07, 6.45) is 4.35. The van der Waals surface area contributed by atoms with E-state index >= 15 is 0 Å². The predicted octanol–water partition coefficient (Wildman–Crippen LogP) is 2.01. The lowest BCUT2D eigenvalue weighted by molar-refractivity contribution is 0.0653. The molecule has 0 bridgehead atoms. The summed E-state index contributed by atoms with van der Waals surface area (Å²) in [5.74, 6) is 0.919. The molecular formula is C14H20ClN3O2. The van der Waals surface area contributed by atoms with Gasteiger partial charge in [-0.25, -0.2) is 4.98 Å². The van der Waals surface area contributed by atoms with Crippen LogP contribution in [-0.4, -0.2) is 47.6 Å². The largest absolute Gasteiger partial charge is 0.396 e. The molecule has 1 unspecified atom stereocenters. The Morgan fingerprint density at radius 3 is 3.10 bits per heavy atom. The van der Waals surface area contributed by atoms with Crippen molar-refractivity contribution < 1.29 is 9.90 Å². The highest BCUT2D eigenvalue weighted by atomic mass is 35.5. The first-order valence-corrected chi connectivity index (χ1v) is 7.27. The third-order valence-electron chi connectivity index (χ3n) is 3.67. The minimum Gasteiger partial charge on any atom is -0.396 e. The molecule has 110 valence electrons. The van der Waals surface area contributed by atoms with Gasteiger partial charge in [0.05, 0.1) is 10.6 Å². The zero-order chi connectivity index (χ0) is 14.5. The van der Waals surface area contributed by atoms with Gasteiger partial charge in [0, 0.05) is 32.9 Å². The topological polar surface area (TPSA) is 65.5 Å². The lowest BCUT2D eigenvalue weighted by Gasteiger charge is -2.32. The van der Waals surface area contributed by atoms with E-state index in [0.29, 0.717) is 28.9 Å². The van der Waals surface area contributed by atoms with E-state index in [1.54, 1.807) is 19.3 Å². The van der Waals surface area contributed by atoms with Crippen LogP contribution >= 0.6 is 11.6 Å². The molecule has 1 aromatic rings. The Morgan fingerprint density at radius 1 is 1.65 bits per heavy atom.